The van der Waals surface area contributed by atoms with Crippen molar-refractivity contribution >= 4 is 10.9 Å². The highest BCUT2D eigenvalue weighted by Crippen LogP contribution is 2.24. The van der Waals surface area contributed by atoms with Crippen LogP contribution < -0.4 is 0 Å². The molecule has 1 atom stereocenters. The lowest BCUT2D eigenvalue weighted by atomic mass is 10.1. The van der Waals surface area contributed by atoms with Gasteiger partial charge >= 0.3 is 0 Å². The maximum Gasteiger partial charge on any atom is 0.148 e. The van der Waals surface area contributed by atoms with Gasteiger partial charge in [-0.2, -0.15) is 10.2 Å². The quantitative estimate of drug-likeness (QED) is 0.580. The van der Waals surface area contributed by atoms with E-state index in [1.807, 2.05) is 52.9 Å². The highest BCUT2D eigenvalue weighted by molar-refractivity contribution is 5.86. The molecule has 6 heteroatoms. The minimum Gasteiger partial charge on any atom is -0.272 e. The van der Waals surface area contributed by atoms with Gasteiger partial charge in [-0.25, -0.2) is 9.67 Å². The summed E-state index contributed by atoms with van der Waals surface area (Å²) >= 11 is 0. The maximum atomic E-state index is 4.66. The first-order valence-electron chi connectivity index (χ1n) is 7.97. The third-order valence-corrected chi connectivity index (χ3v) is 4.04. The van der Waals surface area contributed by atoms with E-state index in [0.717, 1.165) is 34.8 Å². The summed E-state index contributed by atoms with van der Waals surface area (Å²) in [5, 5.41) is 10.00. The molecule has 0 bridgehead atoms. The SMILES string of the molecule is Cc1nc([C@H](C)Cn2cccn2)n(-c2cccc3cccnc23)n1. The zero-order valence-electron chi connectivity index (χ0n) is 13.7. The normalized spacial score (nSPS) is 12.6. The van der Waals surface area contributed by atoms with Crippen molar-refractivity contribution in [1.82, 2.24) is 29.5 Å². The molecule has 1 aromatic carbocycles. The van der Waals surface area contributed by atoms with Gasteiger partial charge in [-0.15, -0.1) is 0 Å². The molecule has 0 spiro atoms. The Labute approximate surface area is 139 Å². The first-order chi connectivity index (χ1) is 11.7. The van der Waals surface area contributed by atoms with Crippen LogP contribution in [0, 0.1) is 6.92 Å². The van der Waals surface area contributed by atoms with Crippen LogP contribution in [0.5, 0.6) is 0 Å². The Kier molecular flexibility index (Phi) is 3.57. The van der Waals surface area contributed by atoms with E-state index in [-0.39, 0.29) is 5.92 Å². The largest absolute Gasteiger partial charge is 0.272 e. The van der Waals surface area contributed by atoms with E-state index in [9.17, 15) is 0 Å². The van der Waals surface area contributed by atoms with Crippen LogP contribution in [0.15, 0.2) is 55.0 Å². The van der Waals surface area contributed by atoms with Crippen molar-refractivity contribution in [2.75, 3.05) is 0 Å². The van der Waals surface area contributed by atoms with Crippen molar-refractivity contribution in [3.8, 4) is 5.69 Å². The predicted octanol–water partition coefficient (Wildman–Crippen LogP) is 3.12. The van der Waals surface area contributed by atoms with Crippen molar-refractivity contribution in [2.24, 2.45) is 0 Å². The van der Waals surface area contributed by atoms with E-state index in [1.54, 1.807) is 6.20 Å². The smallest absolute Gasteiger partial charge is 0.148 e. The lowest BCUT2D eigenvalue weighted by Gasteiger charge is -2.14. The Morgan fingerprint density at radius 1 is 1.08 bits per heavy atom. The van der Waals surface area contributed by atoms with Crippen LogP contribution in [0.2, 0.25) is 0 Å². The van der Waals surface area contributed by atoms with E-state index in [4.69, 9.17) is 0 Å². The van der Waals surface area contributed by atoms with Gasteiger partial charge in [0.1, 0.15) is 11.6 Å². The summed E-state index contributed by atoms with van der Waals surface area (Å²) in [5.41, 5.74) is 1.88. The number of fused-ring (bicyclic) bond motifs is 1. The van der Waals surface area contributed by atoms with Gasteiger partial charge in [0.25, 0.3) is 0 Å². The van der Waals surface area contributed by atoms with Crippen molar-refractivity contribution in [2.45, 2.75) is 26.3 Å². The molecule has 0 aliphatic carbocycles. The maximum absolute atomic E-state index is 4.66. The summed E-state index contributed by atoms with van der Waals surface area (Å²) in [5.74, 6) is 1.84. The van der Waals surface area contributed by atoms with Crippen LogP contribution >= 0.6 is 0 Å². The molecule has 24 heavy (non-hydrogen) atoms. The Balaban J connectivity index is 1.81. The first kappa shape index (κ1) is 14.6. The highest BCUT2D eigenvalue weighted by Gasteiger charge is 2.18. The van der Waals surface area contributed by atoms with E-state index >= 15 is 0 Å². The molecule has 0 saturated heterocycles. The standard InChI is InChI=1S/C18H18N6/c1-13(12-23-11-5-10-20-23)18-21-14(2)22-24(18)16-8-3-6-15-7-4-9-19-17(15)16/h3-11,13H,12H2,1-2H3/t13-/m1/s1. The number of nitrogens with zero attached hydrogens (tertiary/aromatic N) is 6. The first-order valence-corrected chi connectivity index (χ1v) is 7.97. The molecule has 0 aliphatic rings. The number of rotatable bonds is 4. The minimum absolute atomic E-state index is 0.171. The van der Waals surface area contributed by atoms with Gasteiger partial charge in [0.2, 0.25) is 0 Å². The Morgan fingerprint density at radius 2 is 1.96 bits per heavy atom. The lowest BCUT2D eigenvalue weighted by molar-refractivity contribution is 0.515. The van der Waals surface area contributed by atoms with Gasteiger partial charge in [-0.3, -0.25) is 9.67 Å². The zero-order chi connectivity index (χ0) is 16.5. The Morgan fingerprint density at radius 3 is 2.79 bits per heavy atom. The van der Waals surface area contributed by atoms with E-state index in [2.05, 4.69) is 39.2 Å². The zero-order valence-corrected chi connectivity index (χ0v) is 13.7. The monoisotopic (exact) mass is 318 g/mol. The second kappa shape index (κ2) is 5.88. The van der Waals surface area contributed by atoms with Gasteiger partial charge in [0.15, 0.2) is 0 Å². The average Bonchev–Trinajstić information content (AvgIpc) is 3.23. The number of benzene rings is 1. The van der Waals surface area contributed by atoms with Gasteiger partial charge in [0.05, 0.1) is 17.7 Å². The molecule has 0 amide bonds. The molecule has 0 unspecified atom stereocenters. The molecule has 0 N–H and O–H groups in total. The fourth-order valence-corrected chi connectivity index (χ4v) is 2.96. The molecule has 3 aromatic heterocycles. The third kappa shape index (κ3) is 2.56. The second-order valence-electron chi connectivity index (χ2n) is 5.91. The molecule has 0 fully saturated rings. The molecule has 0 aliphatic heterocycles. The number of aromatic nitrogens is 6. The Bertz CT molecular complexity index is 965. The van der Waals surface area contributed by atoms with Gasteiger partial charge in [-0.1, -0.05) is 25.1 Å². The fourth-order valence-electron chi connectivity index (χ4n) is 2.96. The fraction of sp³-hybridized carbons (Fsp3) is 0.222. The molecule has 0 saturated carbocycles. The van der Waals surface area contributed by atoms with Crippen molar-refractivity contribution in [1.29, 1.82) is 0 Å². The number of hydrogen-bond donors (Lipinski definition) is 0. The molecular formula is C18H18N6. The summed E-state index contributed by atoms with van der Waals surface area (Å²) in [7, 11) is 0. The molecule has 6 nitrogen and oxygen atoms in total. The number of para-hydroxylation sites is 1. The molecule has 4 rings (SSSR count). The predicted molar refractivity (Wildman–Crippen MR) is 92.0 cm³/mol. The van der Waals surface area contributed by atoms with Crippen LogP contribution in [-0.2, 0) is 6.54 Å². The van der Waals surface area contributed by atoms with Gasteiger partial charge in [0, 0.05) is 29.9 Å². The van der Waals surface area contributed by atoms with Crippen LogP contribution in [0.1, 0.15) is 24.5 Å². The molecule has 3 heterocycles. The molecule has 4 aromatic rings. The van der Waals surface area contributed by atoms with Crippen molar-refractivity contribution in [3.05, 3.63) is 66.6 Å². The topological polar surface area (TPSA) is 61.4 Å². The summed E-state index contributed by atoms with van der Waals surface area (Å²) in [6.45, 7) is 4.81. The number of aryl methyl sites for hydroxylation is 1. The summed E-state index contributed by atoms with van der Waals surface area (Å²) in [6, 6.07) is 12.0. The van der Waals surface area contributed by atoms with E-state index < -0.39 is 0 Å². The minimum atomic E-state index is 0.171. The second-order valence-corrected chi connectivity index (χ2v) is 5.91. The molecular weight excluding hydrogens is 300 g/mol. The van der Waals surface area contributed by atoms with Crippen LogP contribution in [0.25, 0.3) is 16.6 Å². The van der Waals surface area contributed by atoms with Crippen molar-refractivity contribution < 1.29 is 0 Å². The van der Waals surface area contributed by atoms with E-state index in [1.165, 1.54) is 0 Å². The number of pyridine rings is 1. The molecule has 0 radical (unpaired) electrons. The average molecular weight is 318 g/mol. The van der Waals surface area contributed by atoms with Crippen molar-refractivity contribution in [3.63, 3.8) is 0 Å². The molecule has 120 valence electrons. The Hall–Kier alpha value is -3.02. The van der Waals surface area contributed by atoms with Crippen LogP contribution in [0.4, 0.5) is 0 Å². The van der Waals surface area contributed by atoms with Gasteiger partial charge < -0.3 is 0 Å². The lowest BCUT2D eigenvalue weighted by Crippen LogP contribution is -2.13. The summed E-state index contributed by atoms with van der Waals surface area (Å²) < 4.78 is 3.83. The highest BCUT2D eigenvalue weighted by atomic mass is 15.4. The third-order valence-electron chi connectivity index (χ3n) is 4.04. The van der Waals surface area contributed by atoms with Gasteiger partial charge in [-0.05, 0) is 25.1 Å². The summed E-state index contributed by atoms with van der Waals surface area (Å²) in [6.07, 6.45) is 5.56. The van der Waals surface area contributed by atoms with E-state index in [0.29, 0.717) is 0 Å². The summed E-state index contributed by atoms with van der Waals surface area (Å²) in [4.78, 5) is 9.19. The van der Waals surface area contributed by atoms with Crippen LogP contribution in [0.3, 0.4) is 0 Å². The van der Waals surface area contributed by atoms with Crippen LogP contribution in [-0.4, -0.2) is 29.5 Å². The number of hydrogen-bond acceptors (Lipinski definition) is 4.